The Bertz CT molecular complexity index is 731. The average Bonchev–Trinajstić information content (AvgIpc) is 3.07. The van der Waals surface area contributed by atoms with Gasteiger partial charge >= 0.3 is 0 Å². The summed E-state index contributed by atoms with van der Waals surface area (Å²) in [5, 5.41) is 6.94. The molecule has 0 spiro atoms. The van der Waals surface area contributed by atoms with Gasteiger partial charge in [-0.15, -0.1) is 24.0 Å². The van der Waals surface area contributed by atoms with Crippen molar-refractivity contribution in [2.24, 2.45) is 10.9 Å². The largest absolute Gasteiger partial charge is 0.357 e. The van der Waals surface area contributed by atoms with Gasteiger partial charge in [-0.1, -0.05) is 51.0 Å². The SMILES string of the molecule is CCNC(=NCc1ccccc1CN1CCCCCC1)NC1CCN(C(=O)C(C)C)C1.I. The summed E-state index contributed by atoms with van der Waals surface area (Å²) in [6.45, 7) is 12.5. The normalized spacial score (nSPS) is 20.1. The molecule has 2 saturated heterocycles. The van der Waals surface area contributed by atoms with Crippen molar-refractivity contribution in [3.8, 4) is 0 Å². The van der Waals surface area contributed by atoms with Gasteiger partial charge in [-0.05, 0) is 50.4 Å². The third kappa shape index (κ3) is 8.21. The number of nitrogens with zero attached hydrogens (tertiary/aromatic N) is 3. The maximum atomic E-state index is 12.3. The number of benzene rings is 1. The molecule has 6 nitrogen and oxygen atoms in total. The van der Waals surface area contributed by atoms with Gasteiger partial charge in [0.15, 0.2) is 5.96 Å². The molecule has 7 heteroatoms. The van der Waals surface area contributed by atoms with Crippen molar-refractivity contribution in [3.05, 3.63) is 35.4 Å². The predicted octanol–water partition coefficient (Wildman–Crippen LogP) is 3.99. The first-order valence-electron chi connectivity index (χ1n) is 12.2. The van der Waals surface area contributed by atoms with Gasteiger partial charge in [0, 0.05) is 38.1 Å². The molecule has 1 aromatic carbocycles. The summed E-state index contributed by atoms with van der Waals surface area (Å²) in [5.74, 6) is 1.14. The molecular weight excluding hydrogens is 513 g/mol. The Morgan fingerprint density at radius 2 is 1.78 bits per heavy atom. The Balaban J connectivity index is 0.00000363. The van der Waals surface area contributed by atoms with E-state index in [2.05, 4.69) is 46.7 Å². The van der Waals surface area contributed by atoms with Gasteiger partial charge in [-0.2, -0.15) is 0 Å². The van der Waals surface area contributed by atoms with Crippen molar-refractivity contribution < 1.29 is 4.79 Å². The van der Waals surface area contributed by atoms with E-state index in [-0.39, 0.29) is 41.8 Å². The molecule has 1 amide bonds. The van der Waals surface area contributed by atoms with Crippen LogP contribution in [0, 0.1) is 5.92 Å². The Labute approximate surface area is 211 Å². The maximum absolute atomic E-state index is 12.3. The number of hydrogen-bond donors (Lipinski definition) is 2. The van der Waals surface area contributed by atoms with E-state index < -0.39 is 0 Å². The van der Waals surface area contributed by atoms with E-state index in [9.17, 15) is 4.79 Å². The van der Waals surface area contributed by atoms with Gasteiger partial charge in [0.25, 0.3) is 0 Å². The molecule has 0 aliphatic carbocycles. The molecule has 2 aliphatic heterocycles. The highest BCUT2D eigenvalue weighted by atomic mass is 127. The topological polar surface area (TPSA) is 60.0 Å². The molecule has 1 atom stereocenters. The molecule has 3 rings (SSSR count). The van der Waals surface area contributed by atoms with Gasteiger partial charge in [0.2, 0.25) is 5.91 Å². The Kier molecular flexibility index (Phi) is 11.8. The van der Waals surface area contributed by atoms with Gasteiger partial charge < -0.3 is 15.5 Å². The lowest BCUT2D eigenvalue weighted by Gasteiger charge is -2.22. The minimum Gasteiger partial charge on any atom is -0.357 e. The van der Waals surface area contributed by atoms with E-state index in [0.717, 1.165) is 38.6 Å². The molecule has 180 valence electrons. The van der Waals surface area contributed by atoms with Gasteiger partial charge in [0.1, 0.15) is 0 Å². The van der Waals surface area contributed by atoms with Gasteiger partial charge in [0.05, 0.1) is 6.54 Å². The number of hydrogen-bond acceptors (Lipinski definition) is 3. The highest BCUT2D eigenvalue weighted by molar-refractivity contribution is 14.0. The smallest absolute Gasteiger partial charge is 0.225 e. The second kappa shape index (κ2) is 14.0. The summed E-state index contributed by atoms with van der Waals surface area (Å²) in [5.41, 5.74) is 2.69. The fraction of sp³-hybridized carbons (Fsp3) is 0.680. The molecule has 2 aliphatic rings. The van der Waals surface area contributed by atoms with E-state index in [1.165, 1.54) is 49.9 Å². The highest BCUT2D eigenvalue weighted by Crippen LogP contribution is 2.17. The van der Waals surface area contributed by atoms with Crippen molar-refractivity contribution in [2.75, 3.05) is 32.7 Å². The standard InChI is InChI=1S/C25H41N5O.HI/c1-4-26-25(28-23-13-16-30(19-23)24(31)20(2)3)27-17-21-11-7-8-12-22(21)18-29-14-9-5-6-10-15-29;/h7-8,11-12,20,23H,4-6,9-10,13-19H2,1-3H3,(H2,26,27,28);1H. The number of amides is 1. The van der Waals surface area contributed by atoms with Crippen LogP contribution in [0.4, 0.5) is 0 Å². The zero-order chi connectivity index (χ0) is 22.1. The van der Waals surface area contributed by atoms with Crippen LogP contribution in [0.2, 0.25) is 0 Å². The first-order chi connectivity index (χ1) is 15.1. The number of guanidine groups is 1. The van der Waals surface area contributed by atoms with Crippen LogP contribution in [-0.2, 0) is 17.9 Å². The van der Waals surface area contributed by atoms with Crippen molar-refractivity contribution in [2.45, 2.75) is 72.0 Å². The number of halogens is 1. The Hall–Kier alpha value is -1.35. The molecule has 0 radical (unpaired) electrons. The van der Waals surface area contributed by atoms with Crippen LogP contribution in [0.5, 0.6) is 0 Å². The molecule has 2 heterocycles. The quantitative estimate of drug-likeness (QED) is 0.304. The summed E-state index contributed by atoms with van der Waals surface area (Å²) < 4.78 is 0. The number of likely N-dealkylation sites (tertiary alicyclic amines) is 2. The molecule has 2 N–H and O–H groups in total. The molecule has 0 aromatic heterocycles. The number of carbonyl (C=O) groups excluding carboxylic acids is 1. The number of carbonyl (C=O) groups is 1. The first kappa shape index (κ1) is 26.9. The molecule has 2 fully saturated rings. The third-order valence-electron chi connectivity index (χ3n) is 6.30. The maximum Gasteiger partial charge on any atom is 0.225 e. The summed E-state index contributed by atoms with van der Waals surface area (Å²) >= 11 is 0. The predicted molar refractivity (Wildman–Crippen MR) is 143 cm³/mol. The average molecular weight is 556 g/mol. The molecule has 1 unspecified atom stereocenters. The van der Waals surface area contributed by atoms with Crippen LogP contribution >= 0.6 is 24.0 Å². The highest BCUT2D eigenvalue weighted by Gasteiger charge is 2.28. The third-order valence-corrected chi connectivity index (χ3v) is 6.30. The zero-order valence-electron chi connectivity index (χ0n) is 20.1. The lowest BCUT2D eigenvalue weighted by Crippen LogP contribution is -2.45. The van der Waals surface area contributed by atoms with Crippen molar-refractivity contribution in [1.82, 2.24) is 20.4 Å². The summed E-state index contributed by atoms with van der Waals surface area (Å²) in [6.07, 6.45) is 6.32. The zero-order valence-corrected chi connectivity index (χ0v) is 22.4. The van der Waals surface area contributed by atoms with Crippen LogP contribution in [0.3, 0.4) is 0 Å². The van der Waals surface area contributed by atoms with Crippen LogP contribution in [0.25, 0.3) is 0 Å². The van der Waals surface area contributed by atoms with Crippen LogP contribution in [0.15, 0.2) is 29.3 Å². The van der Waals surface area contributed by atoms with Crippen molar-refractivity contribution in [3.63, 3.8) is 0 Å². The minimum absolute atomic E-state index is 0. The summed E-state index contributed by atoms with van der Waals surface area (Å²) in [7, 11) is 0. The summed E-state index contributed by atoms with van der Waals surface area (Å²) in [4.78, 5) is 21.8. The minimum atomic E-state index is 0. The Morgan fingerprint density at radius 3 is 2.44 bits per heavy atom. The van der Waals surface area contributed by atoms with Gasteiger partial charge in [-0.3, -0.25) is 9.69 Å². The molecule has 1 aromatic rings. The van der Waals surface area contributed by atoms with E-state index in [4.69, 9.17) is 4.99 Å². The van der Waals surface area contributed by atoms with Crippen molar-refractivity contribution in [1.29, 1.82) is 0 Å². The first-order valence-corrected chi connectivity index (χ1v) is 12.2. The molecule has 32 heavy (non-hydrogen) atoms. The van der Waals surface area contributed by atoms with E-state index in [0.29, 0.717) is 6.54 Å². The number of rotatable bonds is 7. The van der Waals surface area contributed by atoms with Crippen LogP contribution in [-0.4, -0.2) is 60.4 Å². The number of aliphatic imine (C=N–C) groups is 1. The van der Waals surface area contributed by atoms with Crippen LogP contribution in [0.1, 0.15) is 64.0 Å². The van der Waals surface area contributed by atoms with Crippen molar-refractivity contribution >= 4 is 35.8 Å². The lowest BCUT2D eigenvalue weighted by molar-refractivity contribution is -0.133. The van der Waals surface area contributed by atoms with E-state index in [1.807, 2.05) is 18.7 Å². The molecule has 0 saturated carbocycles. The fourth-order valence-corrected chi connectivity index (χ4v) is 4.52. The Morgan fingerprint density at radius 1 is 1.09 bits per heavy atom. The monoisotopic (exact) mass is 555 g/mol. The number of nitrogens with one attached hydrogen (secondary N) is 2. The van der Waals surface area contributed by atoms with Crippen LogP contribution < -0.4 is 10.6 Å². The summed E-state index contributed by atoms with van der Waals surface area (Å²) in [6, 6.07) is 8.97. The second-order valence-electron chi connectivity index (χ2n) is 9.22. The molecule has 0 bridgehead atoms. The van der Waals surface area contributed by atoms with E-state index in [1.54, 1.807) is 0 Å². The lowest BCUT2D eigenvalue weighted by atomic mass is 10.1. The fourth-order valence-electron chi connectivity index (χ4n) is 4.52. The van der Waals surface area contributed by atoms with Gasteiger partial charge in [-0.25, -0.2) is 4.99 Å². The van der Waals surface area contributed by atoms with E-state index >= 15 is 0 Å². The second-order valence-corrected chi connectivity index (χ2v) is 9.22. The molecular formula is C25H42IN5O.